The average Bonchev–Trinajstić information content (AvgIpc) is 2.75. The minimum atomic E-state index is 0.626. The number of rotatable bonds is 2. The molecule has 0 bridgehead atoms. The summed E-state index contributed by atoms with van der Waals surface area (Å²) in [6.07, 6.45) is 6.90. The third-order valence-corrected chi connectivity index (χ3v) is 2.31. The predicted octanol–water partition coefficient (Wildman–Crippen LogP) is 1.50. The molecule has 0 radical (unpaired) electrons. The molecule has 3 heterocycles. The van der Waals surface area contributed by atoms with Crippen molar-refractivity contribution in [3.8, 4) is 0 Å². The first-order valence-electron chi connectivity index (χ1n) is 5.15. The SMILES string of the molecule is Cn1cc(Nc2ccc3nccnc3n2)cn1. The highest BCUT2D eigenvalue weighted by molar-refractivity contribution is 5.72. The van der Waals surface area contributed by atoms with Gasteiger partial charge < -0.3 is 5.32 Å². The Morgan fingerprint density at radius 3 is 2.88 bits per heavy atom. The first kappa shape index (κ1) is 9.71. The van der Waals surface area contributed by atoms with Gasteiger partial charge in [-0.1, -0.05) is 0 Å². The minimum absolute atomic E-state index is 0.626. The summed E-state index contributed by atoms with van der Waals surface area (Å²) in [6, 6.07) is 3.75. The number of aromatic nitrogens is 5. The lowest BCUT2D eigenvalue weighted by Crippen LogP contribution is -1.94. The molecule has 0 saturated carbocycles. The van der Waals surface area contributed by atoms with E-state index in [1.807, 2.05) is 25.4 Å². The van der Waals surface area contributed by atoms with Crippen LogP contribution in [0.1, 0.15) is 0 Å². The molecule has 0 aliphatic rings. The molecule has 0 aromatic carbocycles. The summed E-state index contributed by atoms with van der Waals surface area (Å²) in [4.78, 5) is 12.7. The molecule has 6 nitrogen and oxygen atoms in total. The van der Waals surface area contributed by atoms with Crippen LogP contribution in [0.2, 0.25) is 0 Å². The second-order valence-electron chi connectivity index (χ2n) is 3.62. The lowest BCUT2D eigenvalue weighted by molar-refractivity contribution is 0.768. The highest BCUT2D eigenvalue weighted by Crippen LogP contribution is 2.15. The molecule has 0 spiro atoms. The standard InChI is InChI=1S/C11H10N6/c1-17-7-8(6-14-17)15-10-3-2-9-11(16-10)13-5-4-12-9/h2-7H,1H3,(H,13,15,16). The largest absolute Gasteiger partial charge is 0.338 e. The lowest BCUT2D eigenvalue weighted by Gasteiger charge is -2.02. The van der Waals surface area contributed by atoms with E-state index < -0.39 is 0 Å². The zero-order chi connectivity index (χ0) is 11.7. The van der Waals surface area contributed by atoms with Gasteiger partial charge >= 0.3 is 0 Å². The first-order valence-corrected chi connectivity index (χ1v) is 5.15. The predicted molar refractivity (Wildman–Crippen MR) is 63.8 cm³/mol. The van der Waals surface area contributed by atoms with Gasteiger partial charge in [-0.05, 0) is 12.1 Å². The van der Waals surface area contributed by atoms with Gasteiger partial charge in [0.15, 0.2) is 5.65 Å². The van der Waals surface area contributed by atoms with E-state index in [1.54, 1.807) is 23.3 Å². The van der Waals surface area contributed by atoms with Crippen LogP contribution in [0.5, 0.6) is 0 Å². The van der Waals surface area contributed by atoms with Gasteiger partial charge in [0.1, 0.15) is 11.3 Å². The van der Waals surface area contributed by atoms with Crippen LogP contribution < -0.4 is 5.32 Å². The van der Waals surface area contributed by atoms with Crippen molar-refractivity contribution in [2.45, 2.75) is 0 Å². The second kappa shape index (κ2) is 3.82. The van der Waals surface area contributed by atoms with E-state index in [9.17, 15) is 0 Å². The zero-order valence-electron chi connectivity index (χ0n) is 9.20. The van der Waals surface area contributed by atoms with Crippen LogP contribution in [0, 0.1) is 0 Å². The molecule has 3 aromatic rings. The van der Waals surface area contributed by atoms with Crippen LogP contribution in [0.3, 0.4) is 0 Å². The molecule has 17 heavy (non-hydrogen) atoms. The van der Waals surface area contributed by atoms with Crippen LogP contribution >= 0.6 is 0 Å². The molecule has 3 aromatic heterocycles. The Morgan fingerprint density at radius 1 is 1.18 bits per heavy atom. The maximum absolute atomic E-state index is 4.36. The Bertz CT molecular complexity index is 660. The van der Waals surface area contributed by atoms with Crippen LogP contribution in [-0.4, -0.2) is 24.7 Å². The third-order valence-electron chi connectivity index (χ3n) is 2.31. The van der Waals surface area contributed by atoms with E-state index >= 15 is 0 Å². The highest BCUT2D eigenvalue weighted by atomic mass is 15.3. The Balaban J connectivity index is 1.95. The molecule has 6 heteroatoms. The molecule has 0 saturated heterocycles. The Labute approximate surface area is 97.4 Å². The second-order valence-corrected chi connectivity index (χ2v) is 3.62. The van der Waals surface area contributed by atoms with Crippen LogP contribution in [0.25, 0.3) is 11.2 Å². The number of anilines is 2. The summed E-state index contributed by atoms with van der Waals surface area (Å²) in [5.74, 6) is 0.728. The van der Waals surface area contributed by atoms with E-state index in [-0.39, 0.29) is 0 Å². The van der Waals surface area contributed by atoms with Crippen molar-refractivity contribution in [2.24, 2.45) is 7.05 Å². The normalized spacial score (nSPS) is 10.6. The smallest absolute Gasteiger partial charge is 0.180 e. The van der Waals surface area contributed by atoms with Gasteiger partial charge in [-0.25, -0.2) is 9.97 Å². The summed E-state index contributed by atoms with van der Waals surface area (Å²) >= 11 is 0. The number of hydrogen-bond donors (Lipinski definition) is 1. The summed E-state index contributed by atoms with van der Waals surface area (Å²) in [6.45, 7) is 0. The lowest BCUT2D eigenvalue weighted by atomic mass is 10.4. The van der Waals surface area contributed by atoms with E-state index in [0.717, 1.165) is 17.0 Å². The fraction of sp³-hybridized carbons (Fsp3) is 0.0909. The molecule has 0 fully saturated rings. The summed E-state index contributed by atoms with van der Waals surface area (Å²) < 4.78 is 1.73. The highest BCUT2D eigenvalue weighted by Gasteiger charge is 2.01. The van der Waals surface area contributed by atoms with Crippen LogP contribution in [-0.2, 0) is 7.05 Å². The van der Waals surface area contributed by atoms with Crippen molar-refractivity contribution < 1.29 is 0 Å². The number of nitrogens with zero attached hydrogens (tertiary/aromatic N) is 5. The fourth-order valence-electron chi connectivity index (χ4n) is 1.56. The van der Waals surface area contributed by atoms with Gasteiger partial charge in [0, 0.05) is 25.6 Å². The van der Waals surface area contributed by atoms with Gasteiger partial charge in [0.25, 0.3) is 0 Å². The van der Waals surface area contributed by atoms with Crippen LogP contribution in [0.15, 0.2) is 36.9 Å². The molecule has 0 amide bonds. The van der Waals surface area contributed by atoms with Crippen molar-refractivity contribution in [1.82, 2.24) is 24.7 Å². The molecule has 84 valence electrons. The van der Waals surface area contributed by atoms with Crippen LogP contribution in [0.4, 0.5) is 11.5 Å². The third kappa shape index (κ3) is 1.92. The zero-order valence-corrected chi connectivity index (χ0v) is 9.20. The number of aryl methyl sites for hydroxylation is 1. The first-order chi connectivity index (χ1) is 8.31. The Morgan fingerprint density at radius 2 is 2.06 bits per heavy atom. The van der Waals surface area contributed by atoms with E-state index in [1.165, 1.54) is 0 Å². The fourth-order valence-corrected chi connectivity index (χ4v) is 1.56. The maximum atomic E-state index is 4.36. The number of pyridine rings is 1. The van der Waals surface area contributed by atoms with Crippen molar-refractivity contribution >= 4 is 22.7 Å². The van der Waals surface area contributed by atoms with Gasteiger partial charge in [-0.2, -0.15) is 5.10 Å². The minimum Gasteiger partial charge on any atom is -0.338 e. The van der Waals surface area contributed by atoms with Crippen molar-refractivity contribution in [3.05, 3.63) is 36.9 Å². The van der Waals surface area contributed by atoms with Gasteiger partial charge in [-0.15, -0.1) is 0 Å². The molecule has 0 aliphatic heterocycles. The Kier molecular flexibility index (Phi) is 2.18. The number of hydrogen-bond acceptors (Lipinski definition) is 5. The molecule has 0 aliphatic carbocycles. The van der Waals surface area contributed by atoms with E-state index in [2.05, 4.69) is 25.4 Å². The Hall–Kier alpha value is -2.50. The molecule has 3 rings (SSSR count). The van der Waals surface area contributed by atoms with E-state index in [0.29, 0.717) is 5.65 Å². The molecule has 1 N–H and O–H groups in total. The van der Waals surface area contributed by atoms with Gasteiger partial charge in [0.2, 0.25) is 0 Å². The number of fused-ring (bicyclic) bond motifs is 1. The van der Waals surface area contributed by atoms with Gasteiger partial charge in [-0.3, -0.25) is 9.67 Å². The molecule has 0 atom stereocenters. The monoisotopic (exact) mass is 226 g/mol. The maximum Gasteiger partial charge on any atom is 0.180 e. The summed E-state index contributed by atoms with van der Waals surface area (Å²) in [5.41, 5.74) is 2.30. The summed E-state index contributed by atoms with van der Waals surface area (Å²) in [7, 11) is 1.87. The van der Waals surface area contributed by atoms with Gasteiger partial charge in [0.05, 0.1) is 11.9 Å². The van der Waals surface area contributed by atoms with Crippen molar-refractivity contribution in [1.29, 1.82) is 0 Å². The average molecular weight is 226 g/mol. The molecule has 0 unspecified atom stereocenters. The summed E-state index contributed by atoms with van der Waals surface area (Å²) in [5, 5.41) is 7.23. The number of nitrogens with one attached hydrogen (secondary N) is 1. The quantitative estimate of drug-likeness (QED) is 0.717. The van der Waals surface area contributed by atoms with E-state index in [4.69, 9.17) is 0 Å². The molecular weight excluding hydrogens is 216 g/mol. The topological polar surface area (TPSA) is 68.5 Å². The molecular formula is C11H10N6. The van der Waals surface area contributed by atoms with Crippen molar-refractivity contribution in [3.63, 3.8) is 0 Å². The van der Waals surface area contributed by atoms with Crippen molar-refractivity contribution in [2.75, 3.05) is 5.32 Å².